The number of hydrogen-bond donors (Lipinski definition) is 1. The summed E-state index contributed by atoms with van der Waals surface area (Å²) in [6.45, 7) is 2.94. The monoisotopic (exact) mass is 239 g/mol. The summed E-state index contributed by atoms with van der Waals surface area (Å²) >= 11 is 0. The van der Waals surface area contributed by atoms with Gasteiger partial charge in [0.25, 0.3) is 0 Å². The van der Waals surface area contributed by atoms with Crippen LogP contribution in [0.5, 0.6) is 0 Å². The van der Waals surface area contributed by atoms with E-state index >= 15 is 0 Å². The Labute approximate surface area is 102 Å². The van der Waals surface area contributed by atoms with Gasteiger partial charge in [-0.25, -0.2) is 0 Å². The molecule has 2 unspecified atom stereocenters. The molecule has 5 nitrogen and oxygen atoms in total. The summed E-state index contributed by atoms with van der Waals surface area (Å²) in [7, 11) is 0. The Kier molecular flexibility index (Phi) is 4.50. The second kappa shape index (κ2) is 6.12. The van der Waals surface area contributed by atoms with Crippen LogP contribution < -0.4 is 5.73 Å². The fourth-order valence-electron chi connectivity index (χ4n) is 2.10. The highest BCUT2D eigenvalue weighted by Gasteiger charge is 2.19. The van der Waals surface area contributed by atoms with Crippen molar-refractivity contribution in [1.82, 2.24) is 10.1 Å². The third-order valence-electron chi connectivity index (χ3n) is 3.09. The van der Waals surface area contributed by atoms with Gasteiger partial charge in [-0.05, 0) is 25.7 Å². The van der Waals surface area contributed by atoms with Crippen LogP contribution in [0, 0.1) is 0 Å². The first-order valence-electron chi connectivity index (χ1n) is 6.49. The minimum atomic E-state index is -0.107. The molecule has 0 spiro atoms. The van der Waals surface area contributed by atoms with Crippen molar-refractivity contribution in [3.8, 4) is 0 Å². The first-order chi connectivity index (χ1) is 8.29. The average Bonchev–Trinajstić information content (AvgIpc) is 2.79. The maximum absolute atomic E-state index is 5.94. The van der Waals surface area contributed by atoms with Gasteiger partial charge in [0.1, 0.15) is 0 Å². The van der Waals surface area contributed by atoms with E-state index in [1.165, 1.54) is 6.42 Å². The van der Waals surface area contributed by atoms with E-state index in [9.17, 15) is 0 Å². The Morgan fingerprint density at radius 3 is 3.06 bits per heavy atom. The number of rotatable bonds is 5. The van der Waals surface area contributed by atoms with Gasteiger partial charge in [-0.15, -0.1) is 0 Å². The van der Waals surface area contributed by atoms with Crippen LogP contribution in [0.1, 0.15) is 56.8 Å². The van der Waals surface area contributed by atoms with E-state index in [0.29, 0.717) is 18.1 Å². The van der Waals surface area contributed by atoms with E-state index in [1.807, 2.05) is 0 Å². The van der Waals surface area contributed by atoms with Gasteiger partial charge in [0, 0.05) is 6.61 Å². The Balaban J connectivity index is 1.88. The molecule has 1 aromatic heterocycles. The molecule has 96 valence electrons. The van der Waals surface area contributed by atoms with Crippen LogP contribution in [0.4, 0.5) is 0 Å². The van der Waals surface area contributed by atoms with Crippen LogP contribution in [-0.4, -0.2) is 22.9 Å². The molecule has 0 radical (unpaired) electrons. The number of nitrogens with two attached hydrogens (primary N) is 1. The zero-order chi connectivity index (χ0) is 12.1. The minimum Gasteiger partial charge on any atom is -0.378 e. The van der Waals surface area contributed by atoms with Gasteiger partial charge in [0.05, 0.1) is 18.6 Å². The van der Waals surface area contributed by atoms with Gasteiger partial charge in [-0.3, -0.25) is 0 Å². The van der Waals surface area contributed by atoms with Crippen molar-refractivity contribution in [3.63, 3.8) is 0 Å². The molecule has 1 aliphatic rings. The molecule has 1 saturated heterocycles. The van der Waals surface area contributed by atoms with Crippen molar-refractivity contribution >= 4 is 0 Å². The second-order valence-corrected chi connectivity index (χ2v) is 4.63. The number of hydrogen-bond acceptors (Lipinski definition) is 5. The molecule has 1 aliphatic heterocycles. The molecule has 17 heavy (non-hydrogen) atoms. The van der Waals surface area contributed by atoms with Crippen LogP contribution in [0.15, 0.2) is 4.52 Å². The summed E-state index contributed by atoms with van der Waals surface area (Å²) in [4.78, 5) is 4.34. The molecule has 0 amide bonds. The van der Waals surface area contributed by atoms with Crippen LogP contribution in [0.2, 0.25) is 0 Å². The number of nitrogens with zero attached hydrogens (tertiary/aromatic N) is 2. The third-order valence-corrected chi connectivity index (χ3v) is 3.09. The van der Waals surface area contributed by atoms with Crippen molar-refractivity contribution in [2.24, 2.45) is 5.73 Å². The minimum absolute atomic E-state index is 0.107. The maximum atomic E-state index is 5.94. The van der Waals surface area contributed by atoms with Gasteiger partial charge in [-0.2, -0.15) is 4.98 Å². The second-order valence-electron chi connectivity index (χ2n) is 4.63. The summed E-state index contributed by atoms with van der Waals surface area (Å²) in [5, 5.41) is 3.93. The van der Waals surface area contributed by atoms with E-state index < -0.39 is 0 Å². The van der Waals surface area contributed by atoms with Gasteiger partial charge in [0.15, 0.2) is 5.82 Å². The normalized spacial score (nSPS) is 22.6. The maximum Gasteiger partial charge on any atom is 0.229 e. The Bertz CT molecular complexity index is 334. The molecule has 1 fully saturated rings. The highest BCUT2D eigenvalue weighted by Crippen LogP contribution is 2.18. The van der Waals surface area contributed by atoms with Crippen LogP contribution in [0.25, 0.3) is 0 Å². The molecule has 0 aromatic carbocycles. The highest BCUT2D eigenvalue weighted by atomic mass is 16.5. The molecular weight excluding hydrogens is 218 g/mol. The number of ether oxygens (including phenoxy) is 1. The summed E-state index contributed by atoms with van der Waals surface area (Å²) in [5.74, 6) is 1.27. The Morgan fingerprint density at radius 1 is 1.47 bits per heavy atom. The smallest absolute Gasteiger partial charge is 0.229 e. The molecule has 2 atom stereocenters. The van der Waals surface area contributed by atoms with E-state index in [2.05, 4.69) is 17.1 Å². The van der Waals surface area contributed by atoms with Gasteiger partial charge in [-0.1, -0.05) is 18.5 Å². The lowest BCUT2D eigenvalue weighted by molar-refractivity contribution is 0.0124. The van der Waals surface area contributed by atoms with Gasteiger partial charge in [0.2, 0.25) is 5.89 Å². The van der Waals surface area contributed by atoms with E-state index in [4.69, 9.17) is 15.0 Å². The Hall–Kier alpha value is -0.940. The molecule has 1 aromatic rings. The molecule has 0 saturated carbocycles. The fourth-order valence-corrected chi connectivity index (χ4v) is 2.10. The zero-order valence-corrected chi connectivity index (χ0v) is 10.4. The van der Waals surface area contributed by atoms with Crippen LogP contribution in [0.3, 0.4) is 0 Å². The zero-order valence-electron chi connectivity index (χ0n) is 10.4. The fraction of sp³-hybridized carbons (Fsp3) is 0.833. The summed E-state index contributed by atoms with van der Waals surface area (Å²) < 4.78 is 10.9. The predicted molar refractivity (Wildman–Crippen MR) is 63.4 cm³/mol. The summed E-state index contributed by atoms with van der Waals surface area (Å²) in [6, 6.07) is -0.107. The van der Waals surface area contributed by atoms with Crippen molar-refractivity contribution in [2.45, 2.75) is 57.6 Å². The lowest BCUT2D eigenvalue weighted by Gasteiger charge is -2.20. The summed E-state index contributed by atoms with van der Waals surface area (Å²) in [5.41, 5.74) is 5.94. The van der Waals surface area contributed by atoms with Crippen molar-refractivity contribution in [2.75, 3.05) is 6.61 Å². The predicted octanol–water partition coefficient (Wildman–Crippen LogP) is 1.98. The average molecular weight is 239 g/mol. The third kappa shape index (κ3) is 3.51. The topological polar surface area (TPSA) is 74.2 Å². The van der Waals surface area contributed by atoms with E-state index in [-0.39, 0.29) is 12.1 Å². The molecule has 2 rings (SSSR count). The van der Waals surface area contributed by atoms with Crippen molar-refractivity contribution in [3.05, 3.63) is 11.7 Å². The molecular formula is C12H21N3O2. The number of aromatic nitrogens is 2. The molecule has 0 bridgehead atoms. The van der Waals surface area contributed by atoms with Crippen molar-refractivity contribution in [1.29, 1.82) is 0 Å². The highest BCUT2D eigenvalue weighted by molar-refractivity contribution is 4.94. The molecule has 2 heterocycles. The molecule has 2 N–H and O–H groups in total. The van der Waals surface area contributed by atoms with E-state index in [0.717, 1.165) is 32.3 Å². The van der Waals surface area contributed by atoms with Crippen molar-refractivity contribution < 1.29 is 9.26 Å². The van der Waals surface area contributed by atoms with Gasteiger partial charge < -0.3 is 15.0 Å². The largest absolute Gasteiger partial charge is 0.378 e. The van der Waals surface area contributed by atoms with E-state index in [1.54, 1.807) is 0 Å². The standard InChI is InChI=1S/C12H21N3O2/c1-2-5-10(13)12-14-11(17-15-12)8-9-6-3-4-7-16-9/h9-10H,2-8,13H2,1H3. The first-order valence-corrected chi connectivity index (χ1v) is 6.49. The summed E-state index contributed by atoms with van der Waals surface area (Å²) in [6.07, 6.45) is 6.33. The first kappa shape index (κ1) is 12.5. The Morgan fingerprint density at radius 2 is 2.35 bits per heavy atom. The van der Waals surface area contributed by atoms with Crippen LogP contribution >= 0.6 is 0 Å². The van der Waals surface area contributed by atoms with Gasteiger partial charge >= 0.3 is 0 Å². The lowest BCUT2D eigenvalue weighted by atomic mass is 10.1. The lowest BCUT2D eigenvalue weighted by Crippen LogP contribution is -2.21. The quantitative estimate of drug-likeness (QED) is 0.850. The SMILES string of the molecule is CCCC(N)c1noc(CC2CCCCO2)n1. The molecule has 0 aliphatic carbocycles. The van der Waals surface area contributed by atoms with Crippen LogP contribution in [-0.2, 0) is 11.2 Å². The molecule has 5 heteroatoms.